The average molecular weight is 357 g/mol. The molecular weight excluding hydrogens is 330 g/mol. The average Bonchev–Trinajstić information content (AvgIpc) is 3.18. The van der Waals surface area contributed by atoms with E-state index < -0.39 is 0 Å². The third-order valence-corrected chi connectivity index (χ3v) is 4.50. The van der Waals surface area contributed by atoms with Crippen LogP contribution in [0.15, 0.2) is 30.5 Å². The minimum absolute atomic E-state index is 0.0213. The first-order valence-corrected chi connectivity index (χ1v) is 9.19. The van der Waals surface area contributed by atoms with E-state index in [0.717, 1.165) is 36.7 Å². The molecule has 0 unspecified atom stereocenters. The molecule has 0 spiro atoms. The van der Waals surface area contributed by atoms with E-state index in [0.29, 0.717) is 12.5 Å². The van der Waals surface area contributed by atoms with Crippen molar-refractivity contribution in [2.24, 2.45) is 5.92 Å². The minimum atomic E-state index is -0.111. The van der Waals surface area contributed by atoms with Crippen LogP contribution in [-0.2, 0) is 4.74 Å². The van der Waals surface area contributed by atoms with Gasteiger partial charge in [0.05, 0.1) is 30.1 Å². The molecule has 1 fully saturated rings. The van der Waals surface area contributed by atoms with E-state index >= 15 is 0 Å². The Balaban J connectivity index is 1.83. The second-order valence-corrected chi connectivity index (χ2v) is 6.87. The van der Waals surface area contributed by atoms with Gasteiger partial charge in [-0.3, -0.25) is 4.98 Å². The van der Waals surface area contributed by atoms with Crippen LogP contribution in [0, 0.1) is 5.92 Å². The Labute approximate surface area is 154 Å². The van der Waals surface area contributed by atoms with Crippen molar-refractivity contribution in [3.63, 3.8) is 0 Å². The maximum Gasteiger partial charge on any atom is 0.225 e. The van der Waals surface area contributed by atoms with Crippen LogP contribution in [0.4, 0.5) is 11.8 Å². The van der Waals surface area contributed by atoms with E-state index in [1.807, 2.05) is 38.1 Å². The second kappa shape index (κ2) is 8.91. The van der Waals surface area contributed by atoms with Crippen molar-refractivity contribution in [1.29, 1.82) is 0 Å². The molecule has 3 N–H and O–H groups in total. The van der Waals surface area contributed by atoms with Gasteiger partial charge < -0.3 is 20.5 Å². The van der Waals surface area contributed by atoms with E-state index in [9.17, 15) is 5.11 Å². The Kier molecular flexibility index (Phi) is 6.35. The highest BCUT2D eigenvalue weighted by Gasteiger charge is 2.17. The largest absolute Gasteiger partial charge is 0.394 e. The predicted molar refractivity (Wildman–Crippen MR) is 102 cm³/mol. The fraction of sp³-hybridized carbons (Fsp3) is 0.526. The Hall–Kier alpha value is -2.25. The number of aromatic nitrogens is 3. The quantitative estimate of drug-likeness (QED) is 0.668. The maximum absolute atomic E-state index is 9.60. The summed E-state index contributed by atoms with van der Waals surface area (Å²) in [4.78, 5) is 13.5. The molecule has 2 aromatic heterocycles. The molecule has 0 aromatic carbocycles. The first-order chi connectivity index (χ1) is 12.7. The van der Waals surface area contributed by atoms with Crippen LogP contribution in [0.2, 0.25) is 0 Å². The number of anilines is 2. The summed E-state index contributed by atoms with van der Waals surface area (Å²) in [6, 6.07) is 7.51. The molecule has 3 rings (SSSR count). The molecule has 2 atom stereocenters. The van der Waals surface area contributed by atoms with Gasteiger partial charge in [-0.05, 0) is 30.9 Å². The van der Waals surface area contributed by atoms with E-state index in [1.165, 1.54) is 0 Å². The Morgan fingerprint density at radius 1 is 1.27 bits per heavy atom. The molecule has 0 radical (unpaired) electrons. The molecule has 7 heteroatoms. The number of ether oxygens (including phenoxy) is 1. The van der Waals surface area contributed by atoms with E-state index in [-0.39, 0.29) is 24.7 Å². The van der Waals surface area contributed by atoms with Crippen LogP contribution >= 0.6 is 0 Å². The van der Waals surface area contributed by atoms with Gasteiger partial charge in [0.15, 0.2) is 0 Å². The van der Waals surface area contributed by atoms with Crippen molar-refractivity contribution in [3.8, 4) is 11.4 Å². The number of rotatable bonds is 8. The fourth-order valence-corrected chi connectivity index (χ4v) is 2.86. The van der Waals surface area contributed by atoms with Gasteiger partial charge in [-0.1, -0.05) is 19.9 Å². The second-order valence-electron chi connectivity index (χ2n) is 6.87. The van der Waals surface area contributed by atoms with Gasteiger partial charge in [0.2, 0.25) is 5.95 Å². The zero-order chi connectivity index (χ0) is 18.4. The molecule has 7 nitrogen and oxygen atoms in total. The van der Waals surface area contributed by atoms with E-state index in [4.69, 9.17) is 4.74 Å². The molecule has 0 aliphatic carbocycles. The summed E-state index contributed by atoms with van der Waals surface area (Å²) in [5.41, 5.74) is 1.52. The van der Waals surface area contributed by atoms with Crippen molar-refractivity contribution in [2.45, 2.75) is 38.8 Å². The van der Waals surface area contributed by atoms with Crippen molar-refractivity contribution in [2.75, 3.05) is 30.4 Å². The highest BCUT2D eigenvalue weighted by atomic mass is 16.5. The highest BCUT2D eigenvalue weighted by molar-refractivity contribution is 5.61. The molecule has 1 saturated heterocycles. The van der Waals surface area contributed by atoms with Crippen LogP contribution in [0.25, 0.3) is 11.4 Å². The van der Waals surface area contributed by atoms with Gasteiger partial charge in [0.1, 0.15) is 5.82 Å². The number of hydrogen-bond acceptors (Lipinski definition) is 7. The first kappa shape index (κ1) is 18.5. The molecule has 3 heterocycles. The number of nitrogens with zero attached hydrogens (tertiary/aromatic N) is 3. The maximum atomic E-state index is 9.60. The molecule has 1 aliphatic heterocycles. The van der Waals surface area contributed by atoms with Crippen LogP contribution in [0.3, 0.4) is 0 Å². The molecule has 26 heavy (non-hydrogen) atoms. The summed E-state index contributed by atoms with van der Waals surface area (Å²) in [6.07, 6.45) is 4.14. The van der Waals surface area contributed by atoms with Gasteiger partial charge in [-0.25, -0.2) is 4.98 Å². The summed E-state index contributed by atoms with van der Waals surface area (Å²) >= 11 is 0. The smallest absolute Gasteiger partial charge is 0.225 e. The minimum Gasteiger partial charge on any atom is -0.394 e. The van der Waals surface area contributed by atoms with Gasteiger partial charge >= 0.3 is 0 Å². The summed E-state index contributed by atoms with van der Waals surface area (Å²) < 4.78 is 5.67. The number of aliphatic hydroxyl groups excluding tert-OH is 1. The van der Waals surface area contributed by atoms with E-state index in [2.05, 4.69) is 25.6 Å². The van der Waals surface area contributed by atoms with Crippen LogP contribution in [0.1, 0.15) is 26.7 Å². The van der Waals surface area contributed by atoms with Crippen molar-refractivity contribution < 1.29 is 9.84 Å². The SMILES string of the molecule is CC(C)[C@H](CO)Nc1nc(NC[C@H]2CCCO2)cc(-c2ccccn2)n1. The van der Waals surface area contributed by atoms with Crippen molar-refractivity contribution >= 4 is 11.8 Å². The Morgan fingerprint density at radius 3 is 2.81 bits per heavy atom. The lowest BCUT2D eigenvalue weighted by Crippen LogP contribution is -2.30. The van der Waals surface area contributed by atoms with Crippen molar-refractivity contribution in [1.82, 2.24) is 15.0 Å². The topological polar surface area (TPSA) is 92.2 Å². The first-order valence-electron chi connectivity index (χ1n) is 9.19. The Bertz CT molecular complexity index is 690. The lowest BCUT2D eigenvalue weighted by atomic mass is 10.1. The molecule has 2 aromatic rings. The van der Waals surface area contributed by atoms with Gasteiger partial charge in [-0.2, -0.15) is 4.98 Å². The van der Waals surface area contributed by atoms with Gasteiger partial charge in [0.25, 0.3) is 0 Å². The zero-order valence-electron chi connectivity index (χ0n) is 15.4. The van der Waals surface area contributed by atoms with Gasteiger partial charge in [-0.15, -0.1) is 0 Å². The predicted octanol–water partition coefficient (Wildman–Crippen LogP) is 2.56. The zero-order valence-corrected chi connectivity index (χ0v) is 15.4. The lowest BCUT2D eigenvalue weighted by molar-refractivity contribution is 0.120. The normalized spacial score (nSPS) is 18.1. The third-order valence-electron chi connectivity index (χ3n) is 4.50. The standard InChI is InChI=1S/C19H27N5O2/c1-13(2)17(12-25)23-19-22-16(15-7-3-4-8-20-15)10-18(24-19)21-11-14-6-5-9-26-14/h3-4,7-8,10,13-14,17,25H,5-6,9,11-12H2,1-2H3,(H2,21,22,23,24)/t14-,17+/m1/s1. The van der Waals surface area contributed by atoms with Crippen LogP contribution in [-0.4, -0.2) is 52.0 Å². The van der Waals surface area contributed by atoms with Gasteiger partial charge in [0, 0.05) is 25.4 Å². The molecular formula is C19H27N5O2. The summed E-state index contributed by atoms with van der Waals surface area (Å²) in [6.45, 7) is 5.66. The summed E-state index contributed by atoms with van der Waals surface area (Å²) in [7, 11) is 0. The summed E-state index contributed by atoms with van der Waals surface area (Å²) in [5.74, 6) is 1.46. The summed E-state index contributed by atoms with van der Waals surface area (Å²) in [5, 5.41) is 16.2. The number of hydrogen-bond donors (Lipinski definition) is 3. The molecule has 0 amide bonds. The third kappa shape index (κ3) is 4.89. The monoisotopic (exact) mass is 357 g/mol. The van der Waals surface area contributed by atoms with Crippen molar-refractivity contribution in [3.05, 3.63) is 30.5 Å². The Morgan fingerprint density at radius 2 is 2.15 bits per heavy atom. The van der Waals surface area contributed by atoms with E-state index in [1.54, 1.807) is 6.20 Å². The van der Waals surface area contributed by atoms with Crippen LogP contribution in [0.5, 0.6) is 0 Å². The number of aliphatic hydroxyl groups is 1. The number of pyridine rings is 1. The fourth-order valence-electron chi connectivity index (χ4n) is 2.86. The molecule has 0 saturated carbocycles. The van der Waals surface area contributed by atoms with Crippen LogP contribution < -0.4 is 10.6 Å². The molecule has 0 bridgehead atoms. The number of nitrogens with one attached hydrogen (secondary N) is 2. The molecule has 1 aliphatic rings. The molecule has 140 valence electrons. The lowest BCUT2D eigenvalue weighted by Gasteiger charge is -2.21. The highest BCUT2D eigenvalue weighted by Crippen LogP contribution is 2.21.